The van der Waals surface area contributed by atoms with Crippen LogP contribution in [-0.2, 0) is 6.54 Å². The molecule has 0 unspecified atom stereocenters. The van der Waals surface area contributed by atoms with Crippen LogP contribution < -0.4 is 10.5 Å². The first-order valence-electron chi connectivity index (χ1n) is 6.76. The Morgan fingerprint density at radius 1 is 1.39 bits per heavy atom. The fourth-order valence-corrected chi connectivity index (χ4v) is 2.31. The largest absolute Gasteiger partial charge is 0.497 e. The Kier molecular flexibility index (Phi) is 4.12. The number of ether oxygens (including phenoxy) is 1. The van der Waals surface area contributed by atoms with Crippen molar-refractivity contribution in [3.8, 4) is 5.75 Å². The number of nitrogens with zero attached hydrogens (tertiary/aromatic N) is 1. The number of rotatable bonds is 6. The molecule has 0 heterocycles. The van der Waals surface area contributed by atoms with Gasteiger partial charge in [-0.2, -0.15) is 0 Å². The van der Waals surface area contributed by atoms with Gasteiger partial charge in [0.05, 0.1) is 7.11 Å². The minimum atomic E-state index is 0.699. The summed E-state index contributed by atoms with van der Waals surface area (Å²) in [5.74, 6) is 1.53. The molecule has 100 valence electrons. The number of benzene rings is 1. The van der Waals surface area contributed by atoms with Gasteiger partial charge in [-0.25, -0.2) is 0 Å². The molecule has 0 aliphatic heterocycles. The smallest absolute Gasteiger partial charge is 0.120 e. The normalized spacial score (nSPS) is 15.4. The maximum Gasteiger partial charge on any atom is 0.120 e. The van der Waals surface area contributed by atoms with Crippen molar-refractivity contribution in [3.63, 3.8) is 0 Å². The molecular formula is C15H24N2O. The predicted molar refractivity (Wildman–Crippen MR) is 75.7 cm³/mol. The van der Waals surface area contributed by atoms with E-state index >= 15 is 0 Å². The van der Waals surface area contributed by atoms with Crippen molar-refractivity contribution in [3.05, 3.63) is 23.8 Å². The topological polar surface area (TPSA) is 38.5 Å². The highest BCUT2D eigenvalue weighted by atomic mass is 16.5. The van der Waals surface area contributed by atoms with Crippen LogP contribution in [0.1, 0.15) is 32.3 Å². The Hall–Kier alpha value is -1.22. The zero-order valence-electron chi connectivity index (χ0n) is 11.6. The fourth-order valence-electron chi connectivity index (χ4n) is 2.31. The molecular weight excluding hydrogens is 224 g/mol. The van der Waals surface area contributed by atoms with Gasteiger partial charge in [0.1, 0.15) is 5.75 Å². The lowest BCUT2D eigenvalue weighted by Crippen LogP contribution is -2.29. The molecule has 1 fully saturated rings. The summed E-state index contributed by atoms with van der Waals surface area (Å²) in [5, 5.41) is 0. The number of nitrogen functional groups attached to an aromatic ring is 1. The molecule has 2 N–H and O–H groups in total. The van der Waals surface area contributed by atoms with E-state index in [1.807, 2.05) is 12.1 Å². The highest BCUT2D eigenvalue weighted by Crippen LogP contribution is 2.30. The first-order valence-corrected chi connectivity index (χ1v) is 6.76. The van der Waals surface area contributed by atoms with Crippen molar-refractivity contribution < 1.29 is 4.74 Å². The van der Waals surface area contributed by atoms with Gasteiger partial charge in [0.25, 0.3) is 0 Å². The Balaban J connectivity index is 2.06. The summed E-state index contributed by atoms with van der Waals surface area (Å²) < 4.78 is 5.19. The molecule has 0 bridgehead atoms. The zero-order chi connectivity index (χ0) is 13.1. The van der Waals surface area contributed by atoms with E-state index in [1.54, 1.807) is 7.11 Å². The van der Waals surface area contributed by atoms with Crippen LogP contribution >= 0.6 is 0 Å². The molecule has 2 rings (SSSR count). The minimum absolute atomic E-state index is 0.699. The second-order valence-corrected chi connectivity index (χ2v) is 5.62. The average Bonchev–Trinajstić information content (AvgIpc) is 3.14. The van der Waals surface area contributed by atoms with Crippen molar-refractivity contribution in [1.29, 1.82) is 0 Å². The molecule has 0 amide bonds. The van der Waals surface area contributed by atoms with Gasteiger partial charge in [0, 0.05) is 30.9 Å². The summed E-state index contributed by atoms with van der Waals surface area (Å²) in [6, 6.07) is 6.76. The van der Waals surface area contributed by atoms with E-state index in [4.69, 9.17) is 10.5 Å². The summed E-state index contributed by atoms with van der Waals surface area (Å²) in [4.78, 5) is 2.56. The predicted octanol–water partition coefficient (Wildman–Crippen LogP) is 2.90. The summed E-state index contributed by atoms with van der Waals surface area (Å²) in [5.41, 5.74) is 8.14. The van der Waals surface area contributed by atoms with Gasteiger partial charge in [-0.3, -0.25) is 4.90 Å². The number of anilines is 1. The molecule has 0 saturated heterocycles. The highest BCUT2D eigenvalue weighted by molar-refractivity contribution is 5.51. The summed E-state index contributed by atoms with van der Waals surface area (Å²) >= 11 is 0. The number of hydrogen-bond donors (Lipinski definition) is 1. The number of methoxy groups -OCH3 is 1. The second-order valence-electron chi connectivity index (χ2n) is 5.62. The second kappa shape index (κ2) is 5.61. The van der Waals surface area contributed by atoms with Gasteiger partial charge in [-0.1, -0.05) is 19.9 Å². The van der Waals surface area contributed by atoms with Gasteiger partial charge in [-0.05, 0) is 30.4 Å². The first kappa shape index (κ1) is 13.2. The van der Waals surface area contributed by atoms with Gasteiger partial charge < -0.3 is 10.5 Å². The Morgan fingerprint density at radius 2 is 2.11 bits per heavy atom. The lowest BCUT2D eigenvalue weighted by atomic mass is 10.1. The number of nitrogens with two attached hydrogens (primary N) is 1. The van der Waals surface area contributed by atoms with Crippen LogP contribution in [-0.4, -0.2) is 24.6 Å². The van der Waals surface area contributed by atoms with E-state index in [1.165, 1.54) is 18.4 Å². The summed E-state index contributed by atoms with van der Waals surface area (Å²) in [7, 11) is 1.67. The van der Waals surface area contributed by atoms with E-state index in [-0.39, 0.29) is 0 Å². The van der Waals surface area contributed by atoms with E-state index in [9.17, 15) is 0 Å². The van der Waals surface area contributed by atoms with Crippen LogP contribution in [0.25, 0.3) is 0 Å². The fraction of sp³-hybridized carbons (Fsp3) is 0.600. The quantitative estimate of drug-likeness (QED) is 0.787. The monoisotopic (exact) mass is 248 g/mol. The van der Waals surface area contributed by atoms with Crippen LogP contribution in [0.4, 0.5) is 5.69 Å². The van der Waals surface area contributed by atoms with Crippen LogP contribution in [0, 0.1) is 5.92 Å². The summed E-state index contributed by atoms with van der Waals surface area (Å²) in [6.45, 7) is 6.65. The third-order valence-corrected chi connectivity index (χ3v) is 3.39. The van der Waals surface area contributed by atoms with Gasteiger partial charge in [0.2, 0.25) is 0 Å². The molecule has 1 aliphatic carbocycles. The summed E-state index contributed by atoms with van der Waals surface area (Å²) in [6.07, 6.45) is 2.67. The molecule has 0 spiro atoms. The first-order chi connectivity index (χ1) is 8.60. The third kappa shape index (κ3) is 3.39. The molecule has 3 heteroatoms. The SMILES string of the molecule is COc1ccc(CN(CC(C)C)C2CC2)c(N)c1. The molecule has 0 aromatic heterocycles. The van der Waals surface area contributed by atoms with Gasteiger partial charge in [0.15, 0.2) is 0 Å². The van der Waals surface area contributed by atoms with Crippen LogP contribution in [0.15, 0.2) is 18.2 Å². The lowest BCUT2D eigenvalue weighted by molar-refractivity contribution is 0.226. The van der Waals surface area contributed by atoms with Crippen LogP contribution in [0.5, 0.6) is 5.75 Å². The Labute approximate surface area is 110 Å². The van der Waals surface area contributed by atoms with Crippen molar-refractivity contribution in [2.75, 3.05) is 19.4 Å². The molecule has 1 saturated carbocycles. The van der Waals surface area contributed by atoms with Crippen molar-refractivity contribution in [1.82, 2.24) is 4.90 Å². The van der Waals surface area contributed by atoms with E-state index in [0.29, 0.717) is 5.92 Å². The van der Waals surface area contributed by atoms with Crippen molar-refractivity contribution in [2.24, 2.45) is 5.92 Å². The average molecular weight is 248 g/mol. The van der Waals surface area contributed by atoms with Crippen molar-refractivity contribution >= 4 is 5.69 Å². The zero-order valence-corrected chi connectivity index (χ0v) is 11.6. The van der Waals surface area contributed by atoms with E-state index in [0.717, 1.165) is 30.6 Å². The number of hydrogen-bond acceptors (Lipinski definition) is 3. The molecule has 18 heavy (non-hydrogen) atoms. The molecule has 1 aromatic rings. The van der Waals surface area contributed by atoms with E-state index in [2.05, 4.69) is 24.8 Å². The molecule has 1 aliphatic rings. The van der Waals surface area contributed by atoms with Crippen LogP contribution in [0.3, 0.4) is 0 Å². The van der Waals surface area contributed by atoms with Gasteiger partial charge >= 0.3 is 0 Å². The standard InChI is InChI=1S/C15H24N2O/c1-11(2)9-17(13-5-6-13)10-12-4-7-14(18-3)8-15(12)16/h4,7-8,11,13H,5-6,9-10,16H2,1-3H3. The maximum absolute atomic E-state index is 6.09. The lowest BCUT2D eigenvalue weighted by Gasteiger charge is -2.24. The van der Waals surface area contributed by atoms with E-state index < -0.39 is 0 Å². The van der Waals surface area contributed by atoms with Crippen LogP contribution in [0.2, 0.25) is 0 Å². The highest BCUT2D eigenvalue weighted by Gasteiger charge is 2.29. The molecule has 0 radical (unpaired) electrons. The Bertz CT molecular complexity index is 399. The minimum Gasteiger partial charge on any atom is -0.497 e. The third-order valence-electron chi connectivity index (χ3n) is 3.39. The van der Waals surface area contributed by atoms with Crippen molar-refractivity contribution in [2.45, 2.75) is 39.3 Å². The molecule has 3 nitrogen and oxygen atoms in total. The molecule has 1 aromatic carbocycles. The Morgan fingerprint density at radius 3 is 2.61 bits per heavy atom. The molecule has 0 atom stereocenters. The van der Waals surface area contributed by atoms with Gasteiger partial charge in [-0.15, -0.1) is 0 Å². The maximum atomic E-state index is 6.09.